The van der Waals surface area contributed by atoms with Crippen LogP contribution in [0.25, 0.3) is 0 Å². The Kier molecular flexibility index (Phi) is 5.40. The lowest BCUT2D eigenvalue weighted by molar-refractivity contribution is -0.141. The van der Waals surface area contributed by atoms with Crippen molar-refractivity contribution in [3.8, 4) is 0 Å². The molecule has 7 heteroatoms. The summed E-state index contributed by atoms with van der Waals surface area (Å²) in [6.07, 6.45) is 4.73. The van der Waals surface area contributed by atoms with Crippen molar-refractivity contribution in [3.63, 3.8) is 0 Å². The summed E-state index contributed by atoms with van der Waals surface area (Å²) in [5, 5.41) is 11.8. The quantitative estimate of drug-likeness (QED) is 0.870. The van der Waals surface area contributed by atoms with Crippen molar-refractivity contribution >= 4 is 17.8 Å². The molecule has 3 rings (SSSR count). The first-order valence-corrected chi connectivity index (χ1v) is 8.98. The second-order valence-corrected chi connectivity index (χ2v) is 7.12. The zero-order valence-electron chi connectivity index (χ0n) is 14.6. The van der Waals surface area contributed by atoms with Gasteiger partial charge >= 0.3 is 12.0 Å². The Labute approximate surface area is 148 Å². The number of rotatable bonds is 4. The normalized spacial score (nSPS) is 21.4. The number of carbonyl (C=O) groups is 2. The maximum Gasteiger partial charge on any atom is 0.317 e. The van der Waals surface area contributed by atoms with Gasteiger partial charge in [0.05, 0.1) is 5.92 Å². The van der Waals surface area contributed by atoms with Gasteiger partial charge < -0.3 is 20.2 Å². The van der Waals surface area contributed by atoms with Crippen LogP contribution in [-0.2, 0) is 11.3 Å². The van der Waals surface area contributed by atoms with E-state index in [9.17, 15) is 9.59 Å². The van der Waals surface area contributed by atoms with Crippen LogP contribution in [0.3, 0.4) is 0 Å². The number of aliphatic carboxylic acids is 1. The van der Waals surface area contributed by atoms with E-state index in [4.69, 9.17) is 5.11 Å². The number of aromatic nitrogens is 1. The molecular formula is C18H26N4O3. The number of hydrogen-bond donors (Lipinski definition) is 2. The number of nitrogens with zero attached hydrogens (tertiary/aromatic N) is 3. The van der Waals surface area contributed by atoms with Crippen LogP contribution in [0, 0.1) is 11.8 Å². The van der Waals surface area contributed by atoms with Crippen molar-refractivity contribution in [2.24, 2.45) is 11.8 Å². The molecule has 2 aliphatic rings. The van der Waals surface area contributed by atoms with Gasteiger partial charge in [0.25, 0.3) is 0 Å². The van der Waals surface area contributed by atoms with E-state index in [-0.39, 0.29) is 12.6 Å². The fraction of sp³-hybridized carbons (Fsp3) is 0.611. The summed E-state index contributed by atoms with van der Waals surface area (Å²) in [4.78, 5) is 31.5. The second-order valence-electron chi connectivity index (χ2n) is 7.12. The highest BCUT2D eigenvalue weighted by molar-refractivity contribution is 5.77. The smallest absolute Gasteiger partial charge is 0.317 e. The van der Waals surface area contributed by atoms with Gasteiger partial charge in [-0.3, -0.25) is 4.79 Å². The van der Waals surface area contributed by atoms with E-state index >= 15 is 0 Å². The number of nitrogens with one attached hydrogen (secondary N) is 1. The average Bonchev–Trinajstić information content (AvgIpc) is 3.11. The van der Waals surface area contributed by atoms with E-state index in [2.05, 4.69) is 22.1 Å². The molecule has 0 aromatic carbocycles. The molecule has 1 aromatic heterocycles. The van der Waals surface area contributed by atoms with Crippen LogP contribution in [-0.4, -0.2) is 53.2 Å². The summed E-state index contributed by atoms with van der Waals surface area (Å²) >= 11 is 0. The van der Waals surface area contributed by atoms with Gasteiger partial charge in [0.1, 0.15) is 5.82 Å². The van der Waals surface area contributed by atoms with Gasteiger partial charge in [-0.15, -0.1) is 0 Å². The molecule has 2 aliphatic heterocycles. The fourth-order valence-electron chi connectivity index (χ4n) is 3.38. The van der Waals surface area contributed by atoms with E-state index < -0.39 is 11.9 Å². The Balaban J connectivity index is 1.47. The molecule has 7 nitrogen and oxygen atoms in total. The van der Waals surface area contributed by atoms with E-state index in [1.54, 1.807) is 11.1 Å². The Morgan fingerprint density at radius 2 is 2.00 bits per heavy atom. The number of likely N-dealkylation sites (tertiary alicyclic amines) is 1. The molecule has 1 aromatic rings. The molecule has 136 valence electrons. The van der Waals surface area contributed by atoms with Crippen molar-refractivity contribution in [1.82, 2.24) is 15.2 Å². The minimum Gasteiger partial charge on any atom is -0.481 e. The lowest BCUT2D eigenvalue weighted by atomic mass is 9.99. The highest BCUT2D eigenvalue weighted by Gasteiger charge is 2.30. The van der Waals surface area contributed by atoms with Crippen molar-refractivity contribution in [2.75, 3.05) is 31.1 Å². The van der Waals surface area contributed by atoms with Crippen molar-refractivity contribution < 1.29 is 14.7 Å². The van der Waals surface area contributed by atoms with Crippen LogP contribution in [0.1, 0.15) is 31.7 Å². The van der Waals surface area contributed by atoms with Gasteiger partial charge in [0.15, 0.2) is 0 Å². The van der Waals surface area contributed by atoms with Crippen LogP contribution in [0.2, 0.25) is 0 Å². The minimum absolute atomic E-state index is 0.210. The number of amides is 2. The van der Waals surface area contributed by atoms with Crippen LogP contribution in [0.5, 0.6) is 0 Å². The molecule has 0 saturated carbocycles. The highest BCUT2D eigenvalue weighted by atomic mass is 16.4. The molecule has 3 heterocycles. The van der Waals surface area contributed by atoms with Gasteiger partial charge in [0.2, 0.25) is 0 Å². The summed E-state index contributed by atoms with van der Waals surface area (Å²) in [7, 11) is 0. The zero-order chi connectivity index (χ0) is 17.8. The Morgan fingerprint density at radius 1 is 1.24 bits per heavy atom. The van der Waals surface area contributed by atoms with Crippen LogP contribution in [0.4, 0.5) is 10.6 Å². The molecule has 0 spiro atoms. The molecule has 25 heavy (non-hydrogen) atoms. The molecular weight excluding hydrogens is 320 g/mol. The summed E-state index contributed by atoms with van der Waals surface area (Å²) < 4.78 is 0. The lowest BCUT2D eigenvalue weighted by Crippen LogP contribution is -2.38. The first-order valence-electron chi connectivity index (χ1n) is 8.98. The van der Waals surface area contributed by atoms with Gasteiger partial charge in [-0.1, -0.05) is 13.0 Å². The molecule has 1 unspecified atom stereocenters. The number of carbonyl (C=O) groups excluding carboxylic acids is 1. The lowest BCUT2D eigenvalue weighted by Gasteiger charge is -2.31. The number of carboxylic acid groups (broad SMARTS) is 1. The zero-order valence-corrected chi connectivity index (χ0v) is 14.6. The largest absolute Gasteiger partial charge is 0.481 e. The number of piperidine rings is 1. The first-order chi connectivity index (χ1) is 12.0. The molecule has 0 radical (unpaired) electrons. The maximum absolute atomic E-state index is 12.1. The van der Waals surface area contributed by atoms with Gasteiger partial charge in [-0.05, 0) is 36.8 Å². The molecule has 2 fully saturated rings. The van der Waals surface area contributed by atoms with Crippen molar-refractivity contribution in [1.29, 1.82) is 0 Å². The summed E-state index contributed by atoms with van der Waals surface area (Å²) in [5.41, 5.74) is 0.941. The number of pyridine rings is 1. The van der Waals surface area contributed by atoms with Crippen molar-refractivity contribution in [2.45, 2.75) is 32.7 Å². The third kappa shape index (κ3) is 4.41. The highest BCUT2D eigenvalue weighted by Crippen LogP contribution is 2.21. The third-order valence-corrected chi connectivity index (χ3v) is 5.19. The SMILES string of the molecule is CC1CCN(c2ccc(CNC(=O)N3CCC(C(=O)O)C3)cn2)CC1. The van der Waals surface area contributed by atoms with E-state index in [0.717, 1.165) is 30.4 Å². The van der Waals surface area contributed by atoms with E-state index in [1.165, 1.54) is 12.8 Å². The predicted molar refractivity (Wildman–Crippen MR) is 94.4 cm³/mol. The van der Waals surface area contributed by atoms with E-state index in [0.29, 0.717) is 19.5 Å². The molecule has 2 saturated heterocycles. The van der Waals surface area contributed by atoms with Gasteiger partial charge in [0, 0.05) is 38.9 Å². The minimum atomic E-state index is -0.831. The van der Waals surface area contributed by atoms with Crippen molar-refractivity contribution in [3.05, 3.63) is 23.9 Å². The molecule has 2 amide bonds. The first kappa shape index (κ1) is 17.5. The van der Waals surface area contributed by atoms with Crippen LogP contribution >= 0.6 is 0 Å². The molecule has 0 bridgehead atoms. The van der Waals surface area contributed by atoms with Gasteiger partial charge in [-0.2, -0.15) is 0 Å². The fourth-order valence-corrected chi connectivity index (χ4v) is 3.38. The molecule has 1 atom stereocenters. The van der Waals surface area contributed by atoms with Crippen LogP contribution in [0.15, 0.2) is 18.3 Å². The molecule has 0 aliphatic carbocycles. The Bertz CT molecular complexity index is 611. The number of hydrogen-bond acceptors (Lipinski definition) is 4. The monoisotopic (exact) mass is 346 g/mol. The Morgan fingerprint density at radius 3 is 2.60 bits per heavy atom. The second kappa shape index (κ2) is 7.72. The summed E-state index contributed by atoms with van der Waals surface area (Å²) in [6, 6.07) is 3.79. The number of anilines is 1. The molecule has 2 N–H and O–H groups in total. The summed E-state index contributed by atoms with van der Waals surface area (Å²) in [5.74, 6) is 0.504. The third-order valence-electron chi connectivity index (χ3n) is 5.19. The van der Waals surface area contributed by atoms with E-state index in [1.807, 2.05) is 12.1 Å². The Hall–Kier alpha value is -2.31. The van der Waals surface area contributed by atoms with Gasteiger partial charge in [-0.25, -0.2) is 9.78 Å². The predicted octanol–water partition coefficient (Wildman–Crippen LogP) is 1.93. The standard InChI is InChI=1S/C18H26N4O3/c1-13-4-7-21(8-5-13)16-3-2-14(10-19-16)11-20-18(25)22-9-6-15(12-22)17(23)24/h2-3,10,13,15H,4-9,11-12H2,1H3,(H,20,25)(H,23,24). The average molecular weight is 346 g/mol. The number of carboxylic acids is 1. The maximum atomic E-state index is 12.1. The summed E-state index contributed by atoms with van der Waals surface area (Å²) in [6.45, 7) is 5.56. The number of urea groups is 1. The topological polar surface area (TPSA) is 85.8 Å². The van der Waals surface area contributed by atoms with Crippen LogP contribution < -0.4 is 10.2 Å².